The van der Waals surface area contributed by atoms with Crippen LogP contribution in [0.25, 0.3) is 10.9 Å². The van der Waals surface area contributed by atoms with E-state index in [0.717, 1.165) is 53.3 Å². The van der Waals surface area contributed by atoms with Gasteiger partial charge in [0.05, 0.1) is 19.0 Å². The molecule has 0 aliphatic carbocycles. The molecule has 1 fully saturated rings. The first-order valence-electron chi connectivity index (χ1n) is 10.6. The number of hydrogen-bond donors (Lipinski definition) is 2. The largest absolute Gasteiger partial charge is 0.358 e. The van der Waals surface area contributed by atoms with Crippen LogP contribution in [0.5, 0.6) is 0 Å². The summed E-state index contributed by atoms with van der Waals surface area (Å²) in [7, 11) is 0. The monoisotopic (exact) mass is 392 g/mol. The fourth-order valence-corrected chi connectivity index (χ4v) is 4.76. The van der Waals surface area contributed by atoms with Gasteiger partial charge in [0.25, 0.3) is 0 Å². The maximum Gasteiger partial charge on any atom is 0.227 e. The van der Waals surface area contributed by atoms with Gasteiger partial charge in [0, 0.05) is 29.7 Å². The lowest BCUT2D eigenvalue weighted by atomic mass is 10.0. The lowest BCUT2D eigenvalue weighted by Gasteiger charge is -2.30. The lowest BCUT2D eigenvalue weighted by Crippen LogP contribution is -2.40. The van der Waals surface area contributed by atoms with Crippen LogP contribution in [0.1, 0.15) is 53.8 Å². The number of hydrogen-bond acceptors (Lipinski definition) is 4. The number of carbonyl (C=O) groups is 1. The van der Waals surface area contributed by atoms with Crippen molar-refractivity contribution in [2.75, 3.05) is 13.1 Å². The molecule has 152 valence electrons. The van der Waals surface area contributed by atoms with Crippen LogP contribution in [-0.4, -0.2) is 43.6 Å². The standard InChI is InChI=1S/C22H28N6O/c1-14-6-5-7-16-17(15(2)24-21(14)16)12-20(29)27-10-11-28-19(13-27)25-26-22(28)18-8-3-4-9-23-18/h5-7,18,23-24H,3-4,8-13H2,1-2H3. The summed E-state index contributed by atoms with van der Waals surface area (Å²) in [6.07, 6.45) is 3.99. The van der Waals surface area contributed by atoms with Gasteiger partial charge in [-0.2, -0.15) is 0 Å². The molecule has 1 saturated heterocycles. The average molecular weight is 393 g/mol. The number of para-hydroxylation sites is 1. The van der Waals surface area contributed by atoms with Gasteiger partial charge in [0.2, 0.25) is 5.91 Å². The van der Waals surface area contributed by atoms with E-state index in [1.54, 1.807) is 0 Å². The number of aromatic amines is 1. The van der Waals surface area contributed by atoms with Crippen LogP contribution in [0.4, 0.5) is 0 Å². The van der Waals surface area contributed by atoms with E-state index in [4.69, 9.17) is 0 Å². The number of nitrogens with one attached hydrogen (secondary N) is 2. The Bertz CT molecular complexity index is 1060. The van der Waals surface area contributed by atoms with Crippen molar-refractivity contribution in [3.05, 3.63) is 46.7 Å². The minimum atomic E-state index is 0.155. The molecular formula is C22H28N6O. The number of H-pyrrole nitrogens is 1. The van der Waals surface area contributed by atoms with Crippen LogP contribution >= 0.6 is 0 Å². The van der Waals surface area contributed by atoms with Crippen molar-refractivity contribution in [2.45, 2.75) is 58.7 Å². The van der Waals surface area contributed by atoms with E-state index in [9.17, 15) is 4.79 Å². The van der Waals surface area contributed by atoms with Crippen molar-refractivity contribution in [3.8, 4) is 0 Å². The smallest absolute Gasteiger partial charge is 0.227 e. The fourth-order valence-electron chi connectivity index (χ4n) is 4.76. The molecule has 3 aromatic rings. The van der Waals surface area contributed by atoms with Crippen molar-refractivity contribution in [3.63, 3.8) is 0 Å². The summed E-state index contributed by atoms with van der Waals surface area (Å²) in [5, 5.41) is 13.6. The predicted octanol–water partition coefficient (Wildman–Crippen LogP) is 2.78. The predicted molar refractivity (Wildman–Crippen MR) is 112 cm³/mol. The van der Waals surface area contributed by atoms with E-state index in [2.05, 4.69) is 57.1 Å². The van der Waals surface area contributed by atoms with Crippen LogP contribution < -0.4 is 5.32 Å². The van der Waals surface area contributed by atoms with Gasteiger partial charge in [-0.25, -0.2) is 0 Å². The highest BCUT2D eigenvalue weighted by molar-refractivity contribution is 5.91. The van der Waals surface area contributed by atoms with E-state index >= 15 is 0 Å². The summed E-state index contributed by atoms with van der Waals surface area (Å²) >= 11 is 0. The first-order chi connectivity index (χ1) is 14.1. The molecule has 1 atom stereocenters. The molecule has 29 heavy (non-hydrogen) atoms. The SMILES string of the molecule is Cc1[nH]c2c(C)cccc2c1CC(=O)N1CCn2c(nnc2C2CCCCN2)C1. The first-order valence-corrected chi connectivity index (χ1v) is 10.6. The maximum absolute atomic E-state index is 13.1. The van der Waals surface area contributed by atoms with Crippen molar-refractivity contribution in [1.29, 1.82) is 0 Å². The molecule has 2 N–H and O–H groups in total. The van der Waals surface area contributed by atoms with Crippen LogP contribution in [-0.2, 0) is 24.3 Å². The van der Waals surface area contributed by atoms with E-state index in [0.29, 0.717) is 25.6 Å². The number of aromatic nitrogens is 4. The Balaban J connectivity index is 1.34. The first kappa shape index (κ1) is 18.4. The number of amides is 1. The topological polar surface area (TPSA) is 78.8 Å². The number of fused-ring (bicyclic) bond motifs is 2. The van der Waals surface area contributed by atoms with Gasteiger partial charge in [-0.3, -0.25) is 4.79 Å². The van der Waals surface area contributed by atoms with Crippen LogP contribution in [0, 0.1) is 13.8 Å². The maximum atomic E-state index is 13.1. The number of carbonyl (C=O) groups excluding carboxylic acids is 1. The van der Waals surface area contributed by atoms with Gasteiger partial charge in [0.15, 0.2) is 5.82 Å². The fraction of sp³-hybridized carbons (Fsp3) is 0.500. The van der Waals surface area contributed by atoms with Gasteiger partial charge in [-0.05, 0) is 44.4 Å². The van der Waals surface area contributed by atoms with E-state index < -0.39 is 0 Å². The number of benzene rings is 1. The molecule has 2 aromatic heterocycles. The zero-order valence-electron chi connectivity index (χ0n) is 17.2. The second-order valence-electron chi connectivity index (χ2n) is 8.35. The number of rotatable bonds is 3. The third-order valence-electron chi connectivity index (χ3n) is 6.45. The molecule has 1 amide bonds. The highest BCUT2D eigenvalue weighted by Crippen LogP contribution is 2.27. The molecule has 0 radical (unpaired) electrons. The molecule has 0 saturated carbocycles. The highest BCUT2D eigenvalue weighted by Gasteiger charge is 2.28. The van der Waals surface area contributed by atoms with Gasteiger partial charge in [-0.15, -0.1) is 10.2 Å². The molecule has 2 aliphatic heterocycles. The molecule has 5 rings (SSSR count). The van der Waals surface area contributed by atoms with Crippen molar-refractivity contribution in [1.82, 2.24) is 30.0 Å². The minimum Gasteiger partial charge on any atom is -0.358 e. The van der Waals surface area contributed by atoms with Crippen LogP contribution in [0.15, 0.2) is 18.2 Å². The summed E-state index contributed by atoms with van der Waals surface area (Å²) < 4.78 is 2.22. The van der Waals surface area contributed by atoms with Crippen LogP contribution in [0.2, 0.25) is 0 Å². The normalized spacial score (nSPS) is 19.5. The molecule has 0 bridgehead atoms. The second kappa shape index (κ2) is 7.30. The zero-order valence-corrected chi connectivity index (χ0v) is 17.2. The summed E-state index contributed by atoms with van der Waals surface area (Å²) in [6.45, 7) is 7.22. The van der Waals surface area contributed by atoms with E-state index in [-0.39, 0.29) is 5.91 Å². The Kier molecular flexibility index (Phi) is 4.62. The van der Waals surface area contributed by atoms with Crippen molar-refractivity contribution < 1.29 is 4.79 Å². The Morgan fingerprint density at radius 1 is 1.21 bits per heavy atom. The van der Waals surface area contributed by atoms with Gasteiger partial charge >= 0.3 is 0 Å². The summed E-state index contributed by atoms with van der Waals surface area (Å²) in [6, 6.07) is 6.55. The molecule has 0 spiro atoms. The Hall–Kier alpha value is -2.67. The van der Waals surface area contributed by atoms with Gasteiger partial charge < -0.3 is 19.8 Å². The minimum absolute atomic E-state index is 0.155. The number of aryl methyl sites for hydroxylation is 2. The third-order valence-corrected chi connectivity index (χ3v) is 6.45. The third kappa shape index (κ3) is 3.23. The van der Waals surface area contributed by atoms with Crippen molar-refractivity contribution >= 4 is 16.8 Å². The summed E-state index contributed by atoms with van der Waals surface area (Å²) in [5.41, 5.74) is 4.52. The zero-order chi connectivity index (χ0) is 20.0. The molecule has 1 aromatic carbocycles. The Morgan fingerprint density at radius 2 is 2.10 bits per heavy atom. The molecule has 7 heteroatoms. The average Bonchev–Trinajstić information content (AvgIpc) is 3.30. The molecular weight excluding hydrogens is 364 g/mol. The van der Waals surface area contributed by atoms with Gasteiger partial charge in [-0.1, -0.05) is 24.6 Å². The highest BCUT2D eigenvalue weighted by atomic mass is 16.2. The van der Waals surface area contributed by atoms with E-state index in [1.165, 1.54) is 18.4 Å². The molecule has 4 heterocycles. The number of piperidine rings is 1. The molecule has 1 unspecified atom stereocenters. The van der Waals surface area contributed by atoms with Gasteiger partial charge in [0.1, 0.15) is 5.82 Å². The summed E-state index contributed by atoms with van der Waals surface area (Å²) in [4.78, 5) is 18.5. The Labute approximate surface area is 170 Å². The molecule has 7 nitrogen and oxygen atoms in total. The molecule has 2 aliphatic rings. The second-order valence-corrected chi connectivity index (χ2v) is 8.35. The summed E-state index contributed by atoms with van der Waals surface area (Å²) in [5.74, 6) is 2.09. The van der Waals surface area contributed by atoms with Crippen molar-refractivity contribution in [2.24, 2.45) is 0 Å². The quantitative estimate of drug-likeness (QED) is 0.718. The van der Waals surface area contributed by atoms with E-state index in [1.807, 2.05) is 4.90 Å². The number of nitrogens with zero attached hydrogens (tertiary/aromatic N) is 4. The Morgan fingerprint density at radius 3 is 2.93 bits per heavy atom. The lowest BCUT2D eigenvalue weighted by molar-refractivity contribution is -0.132. The van der Waals surface area contributed by atoms with Crippen LogP contribution in [0.3, 0.4) is 0 Å².